The quantitative estimate of drug-likeness (QED) is 0.689. The second kappa shape index (κ2) is 6.66. The first kappa shape index (κ1) is 16.4. The van der Waals surface area contributed by atoms with E-state index in [2.05, 4.69) is 15.6 Å². The van der Waals surface area contributed by atoms with Crippen molar-refractivity contribution in [3.63, 3.8) is 0 Å². The van der Waals surface area contributed by atoms with Gasteiger partial charge in [0.15, 0.2) is 5.69 Å². The van der Waals surface area contributed by atoms with E-state index in [-0.39, 0.29) is 18.0 Å². The summed E-state index contributed by atoms with van der Waals surface area (Å²) in [6.07, 6.45) is 1.08. The molecule has 1 unspecified atom stereocenters. The minimum Gasteiger partial charge on any atom is -0.476 e. The van der Waals surface area contributed by atoms with Gasteiger partial charge in [0.2, 0.25) is 0 Å². The van der Waals surface area contributed by atoms with E-state index in [9.17, 15) is 18.0 Å². The van der Waals surface area contributed by atoms with Gasteiger partial charge in [0.25, 0.3) is 0 Å². The number of thiazole rings is 1. The van der Waals surface area contributed by atoms with Gasteiger partial charge in [-0.2, -0.15) is 0 Å². The summed E-state index contributed by atoms with van der Waals surface area (Å²) in [6.45, 7) is 1.66. The number of carboxylic acid groups (broad SMARTS) is 1. The van der Waals surface area contributed by atoms with Crippen LogP contribution in [0, 0.1) is 0 Å². The number of amides is 2. The van der Waals surface area contributed by atoms with E-state index in [1.165, 1.54) is 5.38 Å². The Hall–Kier alpha value is -1.68. The summed E-state index contributed by atoms with van der Waals surface area (Å²) >= 11 is 1.13. The molecule has 3 N–H and O–H groups in total. The highest BCUT2D eigenvalue weighted by atomic mass is 32.2. The summed E-state index contributed by atoms with van der Waals surface area (Å²) < 4.78 is 21.8. The number of nitrogens with one attached hydrogen (secondary N) is 2. The largest absolute Gasteiger partial charge is 0.476 e. The van der Waals surface area contributed by atoms with E-state index in [1.54, 1.807) is 6.92 Å². The third kappa shape index (κ3) is 5.53. The normalized spacial score (nSPS) is 12.7. The number of nitrogens with zero attached hydrogens (tertiary/aromatic N) is 1. The van der Waals surface area contributed by atoms with Gasteiger partial charge in [-0.15, -0.1) is 11.3 Å². The summed E-state index contributed by atoms with van der Waals surface area (Å²) in [7, 11) is -3.12. The SMILES string of the molecule is CC(NC(=O)NCCS(C)(=O)=O)c1nc(C(=O)O)cs1. The van der Waals surface area contributed by atoms with Crippen LogP contribution in [0.1, 0.15) is 28.5 Å². The lowest BCUT2D eigenvalue weighted by Gasteiger charge is -2.12. The summed E-state index contributed by atoms with van der Waals surface area (Å²) in [5.41, 5.74) is -0.0730. The summed E-state index contributed by atoms with van der Waals surface area (Å²) in [6, 6.07) is -1.00. The molecule has 0 aliphatic rings. The number of sulfone groups is 1. The Labute approximate surface area is 120 Å². The average molecular weight is 321 g/mol. The molecule has 8 nitrogen and oxygen atoms in total. The molecule has 0 fully saturated rings. The maximum Gasteiger partial charge on any atom is 0.355 e. The van der Waals surface area contributed by atoms with Gasteiger partial charge >= 0.3 is 12.0 Å². The van der Waals surface area contributed by atoms with E-state index < -0.39 is 27.9 Å². The maximum atomic E-state index is 11.5. The standard InChI is InChI=1S/C10H15N3O5S2/c1-6(8-13-7(5-19-8)9(14)15)12-10(16)11-3-4-20(2,17)18/h5-6H,3-4H2,1-2H3,(H,14,15)(H2,11,12,16). The van der Waals surface area contributed by atoms with Crippen molar-refractivity contribution in [2.75, 3.05) is 18.6 Å². The van der Waals surface area contributed by atoms with Crippen LogP contribution in [0.15, 0.2) is 5.38 Å². The fourth-order valence-electron chi connectivity index (χ4n) is 1.24. The molecule has 1 rings (SSSR count). The van der Waals surface area contributed by atoms with Gasteiger partial charge in [-0.25, -0.2) is 23.0 Å². The fraction of sp³-hybridized carbons (Fsp3) is 0.500. The molecule has 0 radical (unpaired) electrons. The zero-order valence-electron chi connectivity index (χ0n) is 10.9. The monoisotopic (exact) mass is 321 g/mol. The van der Waals surface area contributed by atoms with Crippen molar-refractivity contribution in [3.05, 3.63) is 16.1 Å². The Kier molecular flexibility index (Phi) is 5.45. The second-order valence-electron chi connectivity index (χ2n) is 4.13. The van der Waals surface area contributed by atoms with Crippen molar-refractivity contribution in [2.45, 2.75) is 13.0 Å². The first-order valence-corrected chi connectivity index (χ1v) is 8.54. The van der Waals surface area contributed by atoms with Gasteiger partial charge in [0.05, 0.1) is 11.8 Å². The van der Waals surface area contributed by atoms with Crippen molar-refractivity contribution in [3.8, 4) is 0 Å². The van der Waals surface area contributed by atoms with Gasteiger partial charge in [0.1, 0.15) is 14.8 Å². The minimum absolute atomic E-state index is 0.00956. The van der Waals surface area contributed by atoms with Crippen molar-refractivity contribution < 1.29 is 23.1 Å². The molecule has 2 amide bonds. The van der Waals surface area contributed by atoms with Crippen molar-refractivity contribution in [1.29, 1.82) is 0 Å². The number of carbonyl (C=O) groups is 2. The molecule has 0 spiro atoms. The number of urea groups is 1. The Morgan fingerprint density at radius 1 is 1.50 bits per heavy atom. The topological polar surface area (TPSA) is 125 Å². The lowest BCUT2D eigenvalue weighted by molar-refractivity contribution is 0.0691. The highest BCUT2D eigenvalue weighted by molar-refractivity contribution is 7.90. The van der Waals surface area contributed by atoms with Crippen LogP contribution in [0.25, 0.3) is 0 Å². The lowest BCUT2D eigenvalue weighted by Crippen LogP contribution is -2.39. The third-order valence-electron chi connectivity index (χ3n) is 2.22. The zero-order valence-corrected chi connectivity index (χ0v) is 12.5. The molecule has 0 aromatic carbocycles. The highest BCUT2D eigenvalue weighted by Crippen LogP contribution is 2.17. The molecule has 1 heterocycles. The molecule has 0 aliphatic heterocycles. The number of aromatic nitrogens is 1. The lowest BCUT2D eigenvalue weighted by atomic mass is 10.3. The molecule has 20 heavy (non-hydrogen) atoms. The Balaban J connectivity index is 2.46. The van der Waals surface area contributed by atoms with Gasteiger partial charge in [-0.3, -0.25) is 0 Å². The van der Waals surface area contributed by atoms with E-state index in [4.69, 9.17) is 5.11 Å². The summed E-state index contributed by atoms with van der Waals surface area (Å²) in [5, 5.41) is 15.5. The van der Waals surface area contributed by atoms with E-state index in [0.29, 0.717) is 5.01 Å². The van der Waals surface area contributed by atoms with Crippen molar-refractivity contribution in [2.24, 2.45) is 0 Å². The number of hydrogen-bond acceptors (Lipinski definition) is 6. The number of aromatic carboxylic acids is 1. The van der Waals surface area contributed by atoms with Gasteiger partial charge in [0, 0.05) is 18.2 Å². The molecule has 1 atom stereocenters. The Bertz CT molecular complexity index is 596. The van der Waals surface area contributed by atoms with Gasteiger partial charge in [-0.1, -0.05) is 0 Å². The summed E-state index contributed by atoms with van der Waals surface area (Å²) in [5.74, 6) is -1.27. The van der Waals surface area contributed by atoms with E-state index >= 15 is 0 Å². The van der Waals surface area contributed by atoms with Gasteiger partial charge < -0.3 is 15.7 Å². The fourth-order valence-corrected chi connectivity index (χ4v) is 2.52. The van der Waals surface area contributed by atoms with Crippen molar-refractivity contribution in [1.82, 2.24) is 15.6 Å². The predicted molar refractivity (Wildman–Crippen MR) is 73.7 cm³/mol. The first-order chi connectivity index (χ1) is 9.19. The number of carbonyl (C=O) groups excluding carboxylic acids is 1. The van der Waals surface area contributed by atoms with Crippen molar-refractivity contribution >= 4 is 33.2 Å². The molecular formula is C10H15N3O5S2. The highest BCUT2D eigenvalue weighted by Gasteiger charge is 2.15. The molecular weight excluding hydrogens is 306 g/mol. The van der Waals surface area contributed by atoms with E-state index in [1.807, 2.05) is 0 Å². The number of rotatable bonds is 6. The maximum absolute atomic E-state index is 11.5. The van der Waals surface area contributed by atoms with Crippen LogP contribution in [0.2, 0.25) is 0 Å². The van der Waals surface area contributed by atoms with E-state index in [0.717, 1.165) is 17.6 Å². The number of hydrogen-bond donors (Lipinski definition) is 3. The smallest absolute Gasteiger partial charge is 0.355 e. The van der Waals surface area contributed by atoms with Crippen LogP contribution >= 0.6 is 11.3 Å². The molecule has 10 heteroatoms. The molecule has 0 saturated heterocycles. The van der Waals surface area contributed by atoms with Crippen LogP contribution in [0.5, 0.6) is 0 Å². The molecule has 112 valence electrons. The average Bonchev–Trinajstić information content (AvgIpc) is 2.76. The predicted octanol–water partition coefficient (Wildman–Crippen LogP) is 0.246. The zero-order chi connectivity index (χ0) is 15.3. The molecule has 0 aliphatic carbocycles. The molecule has 1 aromatic heterocycles. The second-order valence-corrected chi connectivity index (χ2v) is 7.28. The molecule has 0 saturated carbocycles. The van der Waals surface area contributed by atoms with Gasteiger partial charge in [-0.05, 0) is 6.92 Å². The van der Waals surface area contributed by atoms with Crippen LogP contribution in [0.3, 0.4) is 0 Å². The Morgan fingerprint density at radius 3 is 2.65 bits per heavy atom. The van der Waals surface area contributed by atoms with Crippen LogP contribution in [-0.2, 0) is 9.84 Å². The summed E-state index contributed by atoms with van der Waals surface area (Å²) in [4.78, 5) is 26.0. The molecule has 0 bridgehead atoms. The Morgan fingerprint density at radius 2 is 2.15 bits per heavy atom. The minimum atomic E-state index is -3.12. The van der Waals surface area contributed by atoms with Crippen LogP contribution < -0.4 is 10.6 Å². The first-order valence-electron chi connectivity index (χ1n) is 5.60. The molecule has 1 aromatic rings. The van der Waals surface area contributed by atoms with Crippen LogP contribution in [0.4, 0.5) is 4.79 Å². The van der Waals surface area contributed by atoms with Crippen LogP contribution in [-0.4, -0.2) is 49.1 Å². The third-order valence-corrected chi connectivity index (χ3v) is 4.19. The number of carboxylic acids is 1.